The molecule has 0 fully saturated rings. The molecule has 0 heterocycles. The normalized spacial score (nSPS) is 11.9. The molecule has 1 unspecified atom stereocenters. The van der Waals surface area contributed by atoms with Crippen molar-refractivity contribution in [3.8, 4) is 0 Å². The summed E-state index contributed by atoms with van der Waals surface area (Å²) in [6.45, 7) is 0.292. The number of nitrogens with two attached hydrogens (primary N) is 1. The van der Waals surface area contributed by atoms with Crippen molar-refractivity contribution >= 4 is 17.3 Å². The van der Waals surface area contributed by atoms with Gasteiger partial charge in [0.1, 0.15) is 11.5 Å². The Morgan fingerprint density at radius 1 is 1.63 bits per heavy atom. The minimum absolute atomic E-state index is 0.0933. The Labute approximate surface area is 108 Å². The molecule has 0 bridgehead atoms. The van der Waals surface area contributed by atoms with Crippen LogP contribution in [-0.2, 0) is 9.53 Å². The molecule has 0 aromatic heterocycles. The Kier molecular flexibility index (Phi) is 5.34. The zero-order valence-electron chi connectivity index (χ0n) is 10.3. The van der Waals surface area contributed by atoms with E-state index in [4.69, 9.17) is 10.5 Å². The third-order valence-corrected chi connectivity index (χ3v) is 2.38. The van der Waals surface area contributed by atoms with Gasteiger partial charge in [-0.3, -0.25) is 14.9 Å². The summed E-state index contributed by atoms with van der Waals surface area (Å²) in [5, 5.41) is 13.0. The van der Waals surface area contributed by atoms with Gasteiger partial charge in [0.2, 0.25) is 5.91 Å². The number of ether oxygens (including phenoxy) is 1. The first kappa shape index (κ1) is 15.0. The Morgan fingerprint density at radius 3 is 2.89 bits per heavy atom. The van der Waals surface area contributed by atoms with Crippen LogP contribution in [0.2, 0.25) is 0 Å². The van der Waals surface area contributed by atoms with Gasteiger partial charge in [-0.2, -0.15) is 0 Å². The minimum atomic E-state index is -0.857. The highest BCUT2D eigenvalue weighted by Gasteiger charge is 2.20. The largest absolute Gasteiger partial charge is 0.385 e. The molecule has 1 rings (SSSR count). The summed E-state index contributed by atoms with van der Waals surface area (Å²) in [6, 6.07) is 2.01. The molecular weight excluding hydrogens is 257 g/mol. The number of halogens is 1. The zero-order valence-corrected chi connectivity index (χ0v) is 10.3. The van der Waals surface area contributed by atoms with Crippen LogP contribution >= 0.6 is 0 Å². The van der Waals surface area contributed by atoms with Crippen molar-refractivity contribution in [1.29, 1.82) is 0 Å². The molecule has 3 N–H and O–H groups in total. The first-order valence-corrected chi connectivity index (χ1v) is 5.45. The highest BCUT2D eigenvalue weighted by atomic mass is 19.1. The molecule has 0 aliphatic rings. The predicted molar refractivity (Wildman–Crippen MR) is 66.2 cm³/mol. The third-order valence-electron chi connectivity index (χ3n) is 2.38. The SMILES string of the molecule is COCCC(N)C(=O)Nc1ccc(F)cc1[N+](=O)[O-]. The second-order valence-corrected chi connectivity index (χ2v) is 3.80. The van der Waals surface area contributed by atoms with Crippen LogP contribution in [0.4, 0.5) is 15.8 Å². The molecule has 0 radical (unpaired) electrons. The third kappa shape index (κ3) is 4.27. The number of carbonyl (C=O) groups excluding carboxylic acids is 1. The van der Waals surface area contributed by atoms with E-state index in [2.05, 4.69) is 5.32 Å². The van der Waals surface area contributed by atoms with E-state index in [-0.39, 0.29) is 12.1 Å². The number of hydrogen-bond donors (Lipinski definition) is 2. The monoisotopic (exact) mass is 271 g/mol. The van der Waals surface area contributed by atoms with E-state index in [1.165, 1.54) is 7.11 Å². The van der Waals surface area contributed by atoms with Crippen molar-refractivity contribution < 1.29 is 18.8 Å². The lowest BCUT2D eigenvalue weighted by molar-refractivity contribution is -0.384. The highest BCUT2D eigenvalue weighted by Crippen LogP contribution is 2.25. The summed E-state index contributed by atoms with van der Waals surface area (Å²) in [5.74, 6) is -1.35. The molecule has 1 amide bonds. The van der Waals surface area contributed by atoms with E-state index < -0.39 is 28.4 Å². The summed E-state index contributed by atoms with van der Waals surface area (Å²) in [4.78, 5) is 21.6. The first-order chi connectivity index (χ1) is 8.95. The Bertz CT molecular complexity index is 481. The van der Waals surface area contributed by atoms with Crippen LogP contribution in [0.5, 0.6) is 0 Å². The number of hydrogen-bond acceptors (Lipinski definition) is 5. The van der Waals surface area contributed by atoms with Crippen LogP contribution in [-0.4, -0.2) is 30.6 Å². The van der Waals surface area contributed by atoms with Gasteiger partial charge >= 0.3 is 0 Å². The molecule has 1 aromatic rings. The number of nitro groups is 1. The van der Waals surface area contributed by atoms with Crippen LogP contribution in [0.15, 0.2) is 18.2 Å². The van der Waals surface area contributed by atoms with Crippen molar-refractivity contribution in [3.63, 3.8) is 0 Å². The number of methoxy groups -OCH3 is 1. The summed E-state index contributed by atoms with van der Waals surface area (Å²) >= 11 is 0. The van der Waals surface area contributed by atoms with Gasteiger partial charge in [-0.25, -0.2) is 4.39 Å². The molecule has 1 atom stereocenters. The van der Waals surface area contributed by atoms with Crippen LogP contribution in [0.3, 0.4) is 0 Å². The van der Waals surface area contributed by atoms with E-state index in [1.54, 1.807) is 0 Å². The molecule has 0 aliphatic heterocycles. The van der Waals surface area contributed by atoms with Crippen LogP contribution in [0.25, 0.3) is 0 Å². The number of nitrogens with one attached hydrogen (secondary N) is 1. The van der Waals surface area contributed by atoms with Gasteiger partial charge in [0.15, 0.2) is 0 Å². The number of nitro benzene ring substituents is 1. The Morgan fingerprint density at radius 2 is 2.32 bits per heavy atom. The van der Waals surface area contributed by atoms with E-state index in [0.29, 0.717) is 6.61 Å². The fourth-order valence-corrected chi connectivity index (χ4v) is 1.36. The molecule has 0 spiro atoms. The summed E-state index contributed by atoms with van der Waals surface area (Å²) in [5.41, 5.74) is 4.96. The lowest BCUT2D eigenvalue weighted by atomic mass is 10.2. The lowest BCUT2D eigenvalue weighted by Gasteiger charge is -2.11. The van der Waals surface area contributed by atoms with Gasteiger partial charge in [-0.05, 0) is 18.6 Å². The number of nitrogens with zero attached hydrogens (tertiary/aromatic N) is 1. The molecule has 0 saturated carbocycles. The lowest BCUT2D eigenvalue weighted by Crippen LogP contribution is -2.36. The average Bonchev–Trinajstić information content (AvgIpc) is 2.37. The quantitative estimate of drug-likeness (QED) is 0.593. The molecule has 7 nitrogen and oxygen atoms in total. The van der Waals surface area contributed by atoms with Gasteiger partial charge in [0, 0.05) is 13.7 Å². The Balaban J connectivity index is 2.81. The average molecular weight is 271 g/mol. The molecule has 19 heavy (non-hydrogen) atoms. The number of carbonyl (C=O) groups is 1. The maximum atomic E-state index is 12.9. The molecule has 8 heteroatoms. The van der Waals surface area contributed by atoms with Crippen LogP contribution in [0.1, 0.15) is 6.42 Å². The number of rotatable bonds is 6. The highest BCUT2D eigenvalue weighted by molar-refractivity contribution is 5.96. The van der Waals surface area contributed by atoms with Gasteiger partial charge < -0.3 is 15.8 Å². The topological polar surface area (TPSA) is 107 Å². The zero-order chi connectivity index (χ0) is 14.4. The fraction of sp³-hybridized carbons (Fsp3) is 0.364. The maximum absolute atomic E-state index is 12.9. The van der Waals surface area contributed by atoms with Gasteiger partial charge in [-0.1, -0.05) is 0 Å². The maximum Gasteiger partial charge on any atom is 0.295 e. The second kappa shape index (κ2) is 6.76. The van der Waals surface area contributed by atoms with Crippen molar-refractivity contribution in [2.45, 2.75) is 12.5 Å². The van der Waals surface area contributed by atoms with Crippen molar-refractivity contribution in [1.82, 2.24) is 0 Å². The first-order valence-electron chi connectivity index (χ1n) is 5.45. The van der Waals surface area contributed by atoms with Crippen LogP contribution < -0.4 is 11.1 Å². The van der Waals surface area contributed by atoms with Crippen molar-refractivity contribution in [3.05, 3.63) is 34.1 Å². The van der Waals surface area contributed by atoms with Gasteiger partial charge in [0.25, 0.3) is 5.69 Å². The van der Waals surface area contributed by atoms with Crippen molar-refractivity contribution in [2.75, 3.05) is 19.0 Å². The number of benzene rings is 1. The molecule has 104 valence electrons. The van der Waals surface area contributed by atoms with E-state index in [1.807, 2.05) is 0 Å². The second-order valence-electron chi connectivity index (χ2n) is 3.80. The van der Waals surface area contributed by atoms with Gasteiger partial charge in [-0.15, -0.1) is 0 Å². The molecule has 0 saturated heterocycles. The summed E-state index contributed by atoms with van der Waals surface area (Å²) in [7, 11) is 1.47. The van der Waals surface area contributed by atoms with E-state index in [9.17, 15) is 19.3 Å². The molecular formula is C11H14FN3O4. The van der Waals surface area contributed by atoms with E-state index in [0.717, 1.165) is 18.2 Å². The van der Waals surface area contributed by atoms with Crippen molar-refractivity contribution in [2.24, 2.45) is 5.73 Å². The summed E-state index contributed by atoms with van der Waals surface area (Å²) in [6.07, 6.45) is 0.275. The fourth-order valence-electron chi connectivity index (χ4n) is 1.36. The Hall–Kier alpha value is -2.06. The van der Waals surface area contributed by atoms with Crippen LogP contribution in [0, 0.1) is 15.9 Å². The summed E-state index contributed by atoms with van der Waals surface area (Å²) < 4.78 is 17.7. The number of anilines is 1. The predicted octanol–water partition coefficient (Wildman–Crippen LogP) is 1.04. The standard InChI is InChI=1S/C11H14FN3O4/c1-19-5-4-8(13)11(16)14-9-3-2-7(12)6-10(9)15(17)18/h2-3,6,8H,4-5,13H2,1H3,(H,14,16). The molecule has 0 aliphatic carbocycles. The van der Waals surface area contributed by atoms with E-state index >= 15 is 0 Å². The molecule has 1 aromatic carbocycles. The number of amides is 1. The van der Waals surface area contributed by atoms with Gasteiger partial charge in [0.05, 0.1) is 17.0 Å². The smallest absolute Gasteiger partial charge is 0.295 e. The minimum Gasteiger partial charge on any atom is -0.385 e.